The van der Waals surface area contributed by atoms with Crippen molar-refractivity contribution >= 4 is 20.9 Å². The molecule has 0 N–H and O–H groups in total. The van der Waals surface area contributed by atoms with Crippen molar-refractivity contribution in [3.8, 4) is 11.4 Å². The van der Waals surface area contributed by atoms with E-state index in [0.29, 0.717) is 18.5 Å². The summed E-state index contributed by atoms with van der Waals surface area (Å²) in [4.78, 5) is 4.48. The summed E-state index contributed by atoms with van der Waals surface area (Å²) in [6.07, 6.45) is 5.11. The molecule has 0 amide bonds. The molecule has 29 heavy (non-hydrogen) atoms. The lowest BCUT2D eigenvalue weighted by Gasteiger charge is -2.11. The lowest BCUT2D eigenvalue weighted by Crippen LogP contribution is -2.13. The van der Waals surface area contributed by atoms with Gasteiger partial charge in [0, 0.05) is 11.8 Å². The first-order valence-electron chi connectivity index (χ1n) is 10.4. The number of nitrogens with zero attached hydrogens (tertiary/aromatic N) is 2. The molecule has 0 radical (unpaired) electrons. The zero-order valence-corrected chi connectivity index (χ0v) is 18.3. The van der Waals surface area contributed by atoms with Gasteiger partial charge in [-0.3, -0.25) is 4.57 Å². The third-order valence-electron chi connectivity index (χ3n) is 4.90. The average molecular weight is 415 g/mol. The number of unbranched alkanes of at least 4 members (excludes halogenated alkanes) is 3. The number of benzene rings is 2. The van der Waals surface area contributed by atoms with Crippen molar-refractivity contribution in [1.29, 1.82) is 0 Å². The number of fused-ring (bicyclic) bond motifs is 1. The monoisotopic (exact) mass is 414 g/mol. The van der Waals surface area contributed by atoms with E-state index in [1.165, 1.54) is 12.8 Å². The van der Waals surface area contributed by atoms with E-state index in [-0.39, 0.29) is 10.9 Å². The Labute approximate surface area is 173 Å². The van der Waals surface area contributed by atoms with Gasteiger partial charge in [-0.05, 0) is 44.0 Å². The van der Waals surface area contributed by atoms with Crippen LogP contribution < -0.4 is 4.74 Å². The van der Waals surface area contributed by atoms with Crippen LogP contribution in [-0.4, -0.2) is 30.3 Å². The van der Waals surface area contributed by atoms with Gasteiger partial charge in [-0.1, -0.05) is 50.8 Å². The minimum atomic E-state index is -3.49. The third-order valence-corrected chi connectivity index (χ3v) is 6.68. The van der Waals surface area contributed by atoms with Crippen LogP contribution in [0.1, 0.15) is 51.5 Å². The van der Waals surface area contributed by atoms with Crippen molar-refractivity contribution in [2.24, 2.45) is 0 Å². The molecular formula is C23H30N2O3S. The quantitative estimate of drug-likeness (QED) is 0.412. The maximum atomic E-state index is 12.9. The van der Waals surface area contributed by atoms with E-state index < -0.39 is 9.84 Å². The molecule has 156 valence electrons. The Balaban J connectivity index is 2.04. The molecule has 0 aliphatic carbocycles. The predicted molar refractivity (Wildman–Crippen MR) is 118 cm³/mol. The molecular weight excluding hydrogens is 384 g/mol. The van der Waals surface area contributed by atoms with Crippen LogP contribution in [0.4, 0.5) is 0 Å². The fraction of sp³-hybridized carbons (Fsp3) is 0.435. The van der Waals surface area contributed by atoms with Crippen molar-refractivity contribution < 1.29 is 13.2 Å². The van der Waals surface area contributed by atoms with Crippen LogP contribution in [-0.2, 0) is 9.84 Å². The summed E-state index contributed by atoms with van der Waals surface area (Å²) in [6, 6.07) is 13.4. The first-order valence-corrected chi connectivity index (χ1v) is 12.1. The highest BCUT2D eigenvalue weighted by Gasteiger charge is 2.24. The van der Waals surface area contributed by atoms with Crippen molar-refractivity contribution in [1.82, 2.24) is 9.55 Å². The second-order valence-electron chi connectivity index (χ2n) is 7.44. The van der Waals surface area contributed by atoms with Crippen LogP contribution in [0.3, 0.4) is 0 Å². The number of ether oxygens (including phenoxy) is 1. The van der Waals surface area contributed by atoms with Gasteiger partial charge < -0.3 is 4.74 Å². The number of rotatable bonds is 10. The molecule has 0 fully saturated rings. The van der Waals surface area contributed by atoms with Gasteiger partial charge in [-0.25, -0.2) is 13.4 Å². The molecule has 0 spiro atoms. The fourth-order valence-corrected chi connectivity index (χ4v) is 4.79. The molecule has 0 aliphatic heterocycles. The van der Waals surface area contributed by atoms with E-state index in [4.69, 9.17) is 4.74 Å². The van der Waals surface area contributed by atoms with E-state index in [1.807, 2.05) is 56.3 Å². The Morgan fingerprint density at radius 3 is 2.41 bits per heavy atom. The van der Waals surface area contributed by atoms with E-state index in [9.17, 15) is 8.42 Å². The van der Waals surface area contributed by atoms with Gasteiger partial charge in [0.25, 0.3) is 0 Å². The predicted octanol–water partition coefficient (Wildman–Crippen LogP) is 5.48. The summed E-state index contributed by atoms with van der Waals surface area (Å²) in [6.45, 7) is 6.71. The average Bonchev–Trinajstić information content (AvgIpc) is 3.08. The topological polar surface area (TPSA) is 61.2 Å². The molecule has 3 aromatic rings. The minimum Gasteiger partial charge on any atom is -0.494 e. The molecule has 0 unspecified atom stereocenters. The fourth-order valence-electron chi connectivity index (χ4n) is 3.35. The van der Waals surface area contributed by atoms with Crippen LogP contribution in [0, 0.1) is 6.92 Å². The normalized spacial score (nSPS) is 11.8. The Kier molecular flexibility index (Phi) is 6.96. The Morgan fingerprint density at radius 2 is 1.72 bits per heavy atom. The van der Waals surface area contributed by atoms with Crippen LogP contribution in [0.25, 0.3) is 16.7 Å². The highest BCUT2D eigenvalue weighted by Crippen LogP contribution is 2.28. The minimum absolute atomic E-state index is 0.0724. The second kappa shape index (κ2) is 9.44. The van der Waals surface area contributed by atoms with Crippen LogP contribution in [0.2, 0.25) is 0 Å². The highest BCUT2D eigenvalue weighted by molar-refractivity contribution is 7.91. The third kappa shape index (κ3) is 4.99. The Bertz CT molecular complexity index is 1050. The van der Waals surface area contributed by atoms with Crippen molar-refractivity contribution in [2.45, 2.75) is 58.0 Å². The van der Waals surface area contributed by atoms with Crippen molar-refractivity contribution in [2.75, 3.05) is 12.4 Å². The molecule has 0 atom stereocenters. The second-order valence-corrected chi connectivity index (χ2v) is 9.45. The maximum absolute atomic E-state index is 12.9. The van der Waals surface area contributed by atoms with Gasteiger partial charge in [0.05, 0.1) is 23.4 Å². The number of sulfone groups is 1. The van der Waals surface area contributed by atoms with Gasteiger partial charge in [-0.15, -0.1) is 0 Å². The Morgan fingerprint density at radius 1 is 0.966 bits per heavy atom. The number of aryl methyl sites for hydroxylation is 1. The first-order chi connectivity index (χ1) is 14.0. The van der Waals surface area contributed by atoms with E-state index >= 15 is 0 Å². The summed E-state index contributed by atoms with van der Waals surface area (Å²) in [7, 11) is -3.49. The molecule has 3 rings (SSSR count). The number of hydrogen-bond acceptors (Lipinski definition) is 4. The summed E-state index contributed by atoms with van der Waals surface area (Å²) in [5.41, 5.74) is 3.30. The number of hydrogen-bond donors (Lipinski definition) is 0. The van der Waals surface area contributed by atoms with E-state index in [0.717, 1.165) is 35.4 Å². The molecule has 2 aromatic carbocycles. The van der Waals surface area contributed by atoms with Crippen LogP contribution in [0.15, 0.2) is 47.6 Å². The zero-order chi connectivity index (χ0) is 20.9. The summed E-state index contributed by atoms with van der Waals surface area (Å²) in [5, 5.41) is 0.0956. The maximum Gasteiger partial charge on any atom is 0.233 e. The molecule has 0 aliphatic rings. The Hall–Kier alpha value is -2.34. The molecule has 1 aromatic heterocycles. The molecule has 5 nitrogen and oxygen atoms in total. The van der Waals surface area contributed by atoms with Crippen LogP contribution >= 0.6 is 0 Å². The van der Waals surface area contributed by atoms with E-state index in [2.05, 4.69) is 11.9 Å². The smallest absolute Gasteiger partial charge is 0.233 e. The van der Waals surface area contributed by atoms with Crippen molar-refractivity contribution in [3.63, 3.8) is 0 Å². The van der Waals surface area contributed by atoms with Crippen molar-refractivity contribution in [3.05, 3.63) is 48.0 Å². The molecule has 6 heteroatoms. The van der Waals surface area contributed by atoms with Crippen LogP contribution in [0.5, 0.6) is 5.75 Å². The van der Waals surface area contributed by atoms with Gasteiger partial charge in [-0.2, -0.15) is 0 Å². The number of imidazole rings is 1. The molecule has 0 bridgehead atoms. The van der Waals surface area contributed by atoms with Gasteiger partial charge in [0.1, 0.15) is 5.75 Å². The lowest BCUT2D eigenvalue weighted by molar-refractivity contribution is 0.305. The standard InChI is InChI=1S/C23H30N2O3S/c1-4-6-7-8-15-28-20-13-14-21-22(17-20)25(19-11-9-18(3)10-12-19)23(24-21)29(26,27)16-5-2/h9-14,17H,4-8,15-16H2,1-3H3. The SMILES string of the molecule is CCCCCCOc1ccc2nc(S(=O)(=O)CCC)n(-c3ccc(C)cc3)c2c1. The summed E-state index contributed by atoms with van der Waals surface area (Å²) < 4.78 is 33.5. The summed E-state index contributed by atoms with van der Waals surface area (Å²) >= 11 is 0. The molecule has 0 saturated carbocycles. The van der Waals surface area contributed by atoms with Gasteiger partial charge in [0.15, 0.2) is 0 Å². The zero-order valence-electron chi connectivity index (χ0n) is 17.5. The highest BCUT2D eigenvalue weighted by atomic mass is 32.2. The molecule has 0 saturated heterocycles. The largest absolute Gasteiger partial charge is 0.494 e. The first kappa shape index (κ1) is 21.4. The van der Waals surface area contributed by atoms with E-state index in [1.54, 1.807) is 4.57 Å². The number of aromatic nitrogens is 2. The summed E-state index contributed by atoms with van der Waals surface area (Å²) in [5.74, 6) is 0.810. The lowest BCUT2D eigenvalue weighted by atomic mass is 10.2. The molecule has 1 heterocycles. The van der Waals surface area contributed by atoms with Gasteiger partial charge in [0.2, 0.25) is 15.0 Å². The van der Waals surface area contributed by atoms with Gasteiger partial charge >= 0.3 is 0 Å².